The fourth-order valence-electron chi connectivity index (χ4n) is 1.63. The van der Waals surface area contributed by atoms with Gasteiger partial charge in [0.15, 0.2) is 10.1 Å². The molecular weight excluding hydrogens is 300 g/mol. The molecule has 20 heavy (non-hydrogen) atoms. The topological polar surface area (TPSA) is 88.0 Å². The van der Waals surface area contributed by atoms with Gasteiger partial charge in [0.25, 0.3) is 0 Å². The summed E-state index contributed by atoms with van der Waals surface area (Å²) in [6.07, 6.45) is 6.27. The zero-order valence-electron chi connectivity index (χ0n) is 10.1. The van der Waals surface area contributed by atoms with Gasteiger partial charge in [-0.1, -0.05) is 11.6 Å². The van der Waals surface area contributed by atoms with E-state index in [1.165, 1.54) is 23.7 Å². The number of hydrogen-bond acceptors (Lipinski definition) is 5. The lowest BCUT2D eigenvalue weighted by Gasteiger charge is -1.97. The van der Waals surface area contributed by atoms with Gasteiger partial charge >= 0.3 is 0 Å². The molecule has 7 nitrogen and oxygen atoms in total. The Morgan fingerprint density at radius 1 is 1.60 bits per heavy atom. The standard InChI is InChI=1S/C11H9ClN6OS/c12-10-7(18-3-4-20-11(18)16-10)1-2-9(19)13-5-8-14-6-15-17-8/h1-4,6H,5H2,(H,13,19)(H,14,15,17)/b2-1+. The van der Waals surface area contributed by atoms with Gasteiger partial charge in [-0.05, 0) is 6.08 Å². The smallest absolute Gasteiger partial charge is 0.244 e. The summed E-state index contributed by atoms with van der Waals surface area (Å²) in [6.45, 7) is 0.289. The zero-order chi connectivity index (χ0) is 13.9. The minimum atomic E-state index is -0.248. The molecular formula is C11H9ClN6OS. The van der Waals surface area contributed by atoms with Crippen LogP contribution in [0, 0.1) is 0 Å². The van der Waals surface area contributed by atoms with Gasteiger partial charge in [-0.15, -0.1) is 11.3 Å². The van der Waals surface area contributed by atoms with Gasteiger partial charge in [-0.2, -0.15) is 5.10 Å². The number of hydrogen-bond donors (Lipinski definition) is 2. The number of halogens is 1. The Bertz CT molecular complexity index is 759. The molecule has 0 spiro atoms. The van der Waals surface area contributed by atoms with Crippen molar-refractivity contribution in [1.29, 1.82) is 0 Å². The van der Waals surface area contributed by atoms with Crippen molar-refractivity contribution in [3.05, 3.63) is 40.7 Å². The first kappa shape index (κ1) is 12.8. The summed E-state index contributed by atoms with van der Waals surface area (Å²) in [4.78, 5) is 20.6. The predicted octanol–water partition coefficient (Wildman–Crippen LogP) is 1.50. The highest BCUT2D eigenvalue weighted by atomic mass is 35.5. The molecule has 0 bridgehead atoms. The Kier molecular flexibility index (Phi) is 3.48. The third-order valence-corrected chi connectivity index (χ3v) is 3.58. The number of aromatic nitrogens is 5. The third kappa shape index (κ3) is 2.56. The molecule has 102 valence electrons. The van der Waals surface area contributed by atoms with Gasteiger partial charge < -0.3 is 5.32 Å². The molecule has 0 fully saturated rings. The number of H-pyrrole nitrogens is 1. The maximum absolute atomic E-state index is 11.7. The number of nitrogens with one attached hydrogen (secondary N) is 2. The van der Waals surface area contributed by atoms with Crippen LogP contribution in [0.5, 0.6) is 0 Å². The molecule has 9 heteroatoms. The van der Waals surface area contributed by atoms with Crippen LogP contribution < -0.4 is 5.32 Å². The number of imidazole rings is 1. The summed E-state index contributed by atoms with van der Waals surface area (Å²) in [5.41, 5.74) is 0.678. The maximum Gasteiger partial charge on any atom is 0.244 e. The molecule has 2 N–H and O–H groups in total. The van der Waals surface area contributed by atoms with E-state index in [9.17, 15) is 4.79 Å². The number of rotatable bonds is 4. The second kappa shape index (κ2) is 5.43. The summed E-state index contributed by atoms with van der Waals surface area (Å²) in [6, 6.07) is 0. The molecule has 0 aliphatic carbocycles. The fraction of sp³-hybridized carbons (Fsp3) is 0.0909. The maximum atomic E-state index is 11.7. The minimum absolute atomic E-state index is 0.248. The molecule has 0 radical (unpaired) electrons. The first-order valence-electron chi connectivity index (χ1n) is 5.65. The number of nitrogens with zero attached hydrogens (tertiary/aromatic N) is 4. The molecule has 3 rings (SSSR count). The number of amides is 1. The summed E-state index contributed by atoms with van der Waals surface area (Å²) < 4.78 is 1.83. The van der Waals surface area contributed by atoms with Crippen LogP contribution in [0.15, 0.2) is 24.0 Å². The van der Waals surface area contributed by atoms with E-state index >= 15 is 0 Å². The average molecular weight is 309 g/mol. The Morgan fingerprint density at radius 2 is 2.50 bits per heavy atom. The average Bonchev–Trinajstić information content (AvgIpc) is 3.11. The van der Waals surface area contributed by atoms with Crippen LogP contribution in [-0.2, 0) is 11.3 Å². The highest BCUT2D eigenvalue weighted by Gasteiger charge is 2.08. The van der Waals surface area contributed by atoms with Crippen molar-refractivity contribution in [3.8, 4) is 0 Å². The van der Waals surface area contributed by atoms with Crippen molar-refractivity contribution in [3.63, 3.8) is 0 Å². The van der Waals surface area contributed by atoms with Crippen LogP contribution >= 0.6 is 22.9 Å². The van der Waals surface area contributed by atoms with Crippen LogP contribution in [0.2, 0.25) is 5.15 Å². The van der Waals surface area contributed by atoms with E-state index in [-0.39, 0.29) is 12.5 Å². The molecule has 0 aliphatic heterocycles. The van der Waals surface area contributed by atoms with Gasteiger partial charge in [-0.25, -0.2) is 9.97 Å². The van der Waals surface area contributed by atoms with Crippen LogP contribution in [0.3, 0.4) is 0 Å². The number of carbonyl (C=O) groups excluding carboxylic acids is 1. The summed E-state index contributed by atoms with van der Waals surface area (Å²) >= 11 is 7.50. The third-order valence-electron chi connectivity index (χ3n) is 2.54. The fourth-order valence-corrected chi connectivity index (χ4v) is 2.63. The van der Waals surface area contributed by atoms with Gasteiger partial charge in [0.2, 0.25) is 5.91 Å². The molecule has 0 atom stereocenters. The number of thiazole rings is 1. The van der Waals surface area contributed by atoms with E-state index in [1.807, 2.05) is 16.0 Å². The second-order valence-electron chi connectivity index (χ2n) is 3.83. The number of carbonyl (C=O) groups is 1. The lowest BCUT2D eigenvalue weighted by Crippen LogP contribution is -2.20. The van der Waals surface area contributed by atoms with Gasteiger partial charge in [0.05, 0.1) is 12.2 Å². The lowest BCUT2D eigenvalue weighted by molar-refractivity contribution is -0.116. The first-order chi connectivity index (χ1) is 9.74. The Labute approximate surface area is 122 Å². The van der Waals surface area contributed by atoms with Gasteiger partial charge in [0, 0.05) is 17.7 Å². The molecule has 3 aromatic rings. The van der Waals surface area contributed by atoms with Crippen LogP contribution in [-0.4, -0.2) is 30.5 Å². The lowest BCUT2D eigenvalue weighted by atomic mass is 10.4. The van der Waals surface area contributed by atoms with E-state index in [1.54, 1.807) is 6.08 Å². The first-order valence-corrected chi connectivity index (χ1v) is 6.91. The highest BCUT2D eigenvalue weighted by Crippen LogP contribution is 2.22. The molecule has 0 aromatic carbocycles. The van der Waals surface area contributed by atoms with E-state index < -0.39 is 0 Å². The summed E-state index contributed by atoms with van der Waals surface area (Å²) in [5.74, 6) is 0.344. The van der Waals surface area contributed by atoms with E-state index in [0.717, 1.165) is 4.96 Å². The van der Waals surface area contributed by atoms with Crippen molar-refractivity contribution in [1.82, 2.24) is 29.9 Å². The minimum Gasteiger partial charge on any atom is -0.345 e. The second-order valence-corrected chi connectivity index (χ2v) is 5.06. The zero-order valence-corrected chi connectivity index (χ0v) is 11.6. The predicted molar refractivity (Wildman–Crippen MR) is 75.3 cm³/mol. The molecule has 0 aliphatic rings. The SMILES string of the molecule is O=C(/C=C/c1c(Cl)nc2sccn12)NCc1ncn[nH]1. The van der Waals surface area contributed by atoms with Crippen LogP contribution in [0.25, 0.3) is 11.0 Å². The van der Waals surface area contributed by atoms with Crippen molar-refractivity contribution >= 4 is 39.9 Å². The molecule has 0 saturated heterocycles. The largest absolute Gasteiger partial charge is 0.345 e. The van der Waals surface area contributed by atoms with Crippen LogP contribution in [0.1, 0.15) is 11.5 Å². The molecule has 3 aromatic heterocycles. The van der Waals surface area contributed by atoms with E-state index in [2.05, 4.69) is 25.5 Å². The number of fused-ring (bicyclic) bond motifs is 1. The van der Waals surface area contributed by atoms with Crippen molar-refractivity contribution in [2.75, 3.05) is 0 Å². The molecule has 1 amide bonds. The Hall–Kier alpha value is -2.19. The van der Waals surface area contributed by atoms with Crippen LogP contribution in [0.4, 0.5) is 0 Å². The Balaban J connectivity index is 1.68. The Morgan fingerprint density at radius 3 is 3.30 bits per heavy atom. The van der Waals surface area contributed by atoms with Gasteiger partial charge in [-0.3, -0.25) is 14.3 Å². The van der Waals surface area contributed by atoms with Gasteiger partial charge in [0.1, 0.15) is 12.2 Å². The molecule has 0 unspecified atom stereocenters. The number of aromatic amines is 1. The summed E-state index contributed by atoms with van der Waals surface area (Å²) in [7, 11) is 0. The van der Waals surface area contributed by atoms with E-state index in [4.69, 9.17) is 11.6 Å². The van der Waals surface area contributed by atoms with E-state index in [0.29, 0.717) is 16.7 Å². The highest BCUT2D eigenvalue weighted by molar-refractivity contribution is 7.15. The van der Waals surface area contributed by atoms with Crippen molar-refractivity contribution < 1.29 is 4.79 Å². The quantitative estimate of drug-likeness (QED) is 0.715. The van der Waals surface area contributed by atoms with Crippen molar-refractivity contribution in [2.24, 2.45) is 0 Å². The normalized spacial score (nSPS) is 11.4. The summed E-state index contributed by atoms with van der Waals surface area (Å²) in [5, 5.41) is 11.3. The van der Waals surface area contributed by atoms with Crippen molar-refractivity contribution in [2.45, 2.75) is 6.54 Å². The molecule has 3 heterocycles. The monoisotopic (exact) mass is 308 g/mol. The molecule has 0 saturated carbocycles.